The van der Waals surface area contributed by atoms with Gasteiger partial charge in [0.05, 0.1) is 18.8 Å². The van der Waals surface area contributed by atoms with E-state index in [-0.39, 0.29) is 12.1 Å². The van der Waals surface area contributed by atoms with Crippen LogP contribution in [0.15, 0.2) is 12.1 Å². The lowest BCUT2D eigenvalue weighted by atomic mass is 10.0. The molecule has 2 nitrogen and oxygen atoms in total. The van der Waals surface area contributed by atoms with Gasteiger partial charge in [-0.15, -0.1) is 0 Å². The van der Waals surface area contributed by atoms with Gasteiger partial charge >= 0.3 is 0 Å². The highest BCUT2D eigenvalue weighted by molar-refractivity contribution is 5.27. The number of rotatable bonds is 5. The molecule has 1 unspecified atom stereocenters. The smallest absolute Gasteiger partial charge is 0.163 e. The van der Waals surface area contributed by atoms with Crippen molar-refractivity contribution in [1.29, 1.82) is 0 Å². The Bertz CT molecular complexity index is 380. The minimum Gasteiger partial charge on any atom is -0.377 e. The number of aryl methyl sites for hydroxylation is 1. The monoisotopic (exact) mass is 243 g/mol. The Hall–Kier alpha value is -1.00. The molecule has 1 aromatic rings. The van der Waals surface area contributed by atoms with Crippen LogP contribution in [0, 0.1) is 18.6 Å². The largest absolute Gasteiger partial charge is 0.377 e. The molecule has 17 heavy (non-hydrogen) atoms. The van der Waals surface area contributed by atoms with Crippen LogP contribution in [0.5, 0.6) is 0 Å². The number of hydrogen-bond donors (Lipinski definition) is 1. The molecule has 0 bridgehead atoms. The van der Waals surface area contributed by atoms with Crippen molar-refractivity contribution in [1.82, 2.24) is 5.32 Å². The van der Waals surface area contributed by atoms with Crippen molar-refractivity contribution >= 4 is 0 Å². The third-order valence-electron chi connectivity index (χ3n) is 2.63. The Balaban J connectivity index is 2.92. The number of ether oxygens (including phenoxy) is 1. The molecular weight excluding hydrogens is 224 g/mol. The van der Waals surface area contributed by atoms with Gasteiger partial charge in [0, 0.05) is 5.56 Å². The maximum absolute atomic E-state index is 13.8. The predicted octanol–water partition coefficient (Wildman–Crippen LogP) is 2.96. The number of halogens is 2. The fourth-order valence-corrected chi connectivity index (χ4v) is 1.55. The molecule has 0 spiro atoms. The molecular formula is C13H19F2NO. The average Bonchev–Trinajstić information content (AvgIpc) is 2.29. The van der Waals surface area contributed by atoms with Crippen LogP contribution in [0.2, 0.25) is 0 Å². The quantitative estimate of drug-likeness (QED) is 0.858. The first kappa shape index (κ1) is 14.1. The Morgan fingerprint density at radius 3 is 2.41 bits per heavy atom. The summed E-state index contributed by atoms with van der Waals surface area (Å²) in [5.41, 5.74) is 0.613. The second kappa shape index (κ2) is 6.07. The van der Waals surface area contributed by atoms with Crippen molar-refractivity contribution in [3.8, 4) is 0 Å². The van der Waals surface area contributed by atoms with Gasteiger partial charge in [0.1, 0.15) is 0 Å². The van der Waals surface area contributed by atoms with Crippen molar-refractivity contribution < 1.29 is 13.5 Å². The molecule has 0 aliphatic carbocycles. The van der Waals surface area contributed by atoms with Crippen molar-refractivity contribution in [3.05, 3.63) is 34.9 Å². The summed E-state index contributed by atoms with van der Waals surface area (Å²) in [6.07, 6.45) is 0.0595. The summed E-state index contributed by atoms with van der Waals surface area (Å²) in [5, 5.41) is 2.93. The van der Waals surface area contributed by atoms with Crippen LogP contribution in [0.1, 0.15) is 31.0 Å². The van der Waals surface area contributed by atoms with E-state index in [1.54, 1.807) is 26.1 Å². The zero-order valence-corrected chi connectivity index (χ0v) is 10.7. The maximum Gasteiger partial charge on any atom is 0.163 e. The summed E-state index contributed by atoms with van der Waals surface area (Å²) < 4.78 is 32.6. The highest BCUT2D eigenvalue weighted by Gasteiger charge is 2.18. The zero-order valence-electron chi connectivity index (χ0n) is 10.7. The van der Waals surface area contributed by atoms with E-state index in [1.807, 2.05) is 13.8 Å². The summed E-state index contributed by atoms with van der Waals surface area (Å²) >= 11 is 0. The van der Waals surface area contributed by atoms with Crippen molar-refractivity contribution in [3.63, 3.8) is 0 Å². The lowest BCUT2D eigenvalue weighted by Crippen LogP contribution is -2.25. The van der Waals surface area contributed by atoms with Crippen LogP contribution in [-0.2, 0) is 4.74 Å². The van der Waals surface area contributed by atoms with Gasteiger partial charge in [0.2, 0.25) is 0 Å². The van der Waals surface area contributed by atoms with Crippen LogP contribution in [0.25, 0.3) is 0 Å². The second-order valence-corrected chi connectivity index (χ2v) is 4.32. The zero-order chi connectivity index (χ0) is 13.0. The van der Waals surface area contributed by atoms with Gasteiger partial charge in [-0.3, -0.25) is 0 Å². The first-order chi connectivity index (χ1) is 7.97. The standard InChI is InChI=1S/C13H19F2NO/c1-8(2)17-7-11(16-4)10-6-5-9(3)12(14)13(10)15/h5-6,8,11,16H,7H2,1-4H3. The van der Waals surface area contributed by atoms with Crippen LogP contribution >= 0.6 is 0 Å². The Morgan fingerprint density at radius 2 is 1.88 bits per heavy atom. The SMILES string of the molecule is CNC(COC(C)C)c1ccc(C)c(F)c1F. The highest BCUT2D eigenvalue weighted by Crippen LogP contribution is 2.22. The maximum atomic E-state index is 13.8. The molecule has 1 rings (SSSR count). The molecule has 0 aliphatic heterocycles. The van der Waals surface area contributed by atoms with E-state index in [2.05, 4.69) is 5.32 Å². The third-order valence-corrected chi connectivity index (χ3v) is 2.63. The van der Waals surface area contributed by atoms with E-state index >= 15 is 0 Å². The summed E-state index contributed by atoms with van der Waals surface area (Å²) in [6.45, 7) is 5.66. The molecule has 0 aliphatic rings. The fraction of sp³-hybridized carbons (Fsp3) is 0.538. The third kappa shape index (κ3) is 3.48. The Kier molecular flexibility index (Phi) is 5.02. The van der Waals surface area contributed by atoms with Crippen molar-refractivity contribution in [2.24, 2.45) is 0 Å². The van der Waals surface area contributed by atoms with Crippen LogP contribution in [0.3, 0.4) is 0 Å². The predicted molar refractivity (Wildman–Crippen MR) is 64.0 cm³/mol. The van der Waals surface area contributed by atoms with Gasteiger partial charge in [-0.2, -0.15) is 0 Å². The minimum absolute atomic E-state index is 0.0595. The summed E-state index contributed by atoms with van der Waals surface area (Å²) in [5.74, 6) is -1.58. The molecule has 1 atom stereocenters. The minimum atomic E-state index is -0.795. The molecule has 96 valence electrons. The van der Waals surface area contributed by atoms with Crippen LogP contribution < -0.4 is 5.32 Å². The summed E-state index contributed by atoms with van der Waals surface area (Å²) in [4.78, 5) is 0. The number of nitrogens with one attached hydrogen (secondary N) is 1. The average molecular weight is 243 g/mol. The van der Waals surface area contributed by atoms with Crippen LogP contribution in [0.4, 0.5) is 8.78 Å². The molecule has 0 amide bonds. The number of benzene rings is 1. The van der Waals surface area contributed by atoms with E-state index in [9.17, 15) is 8.78 Å². The van der Waals surface area contributed by atoms with E-state index in [0.717, 1.165) is 0 Å². The number of hydrogen-bond acceptors (Lipinski definition) is 2. The Morgan fingerprint density at radius 1 is 1.24 bits per heavy atom. The topological polar surface area (TPSA) is 21.3 Å². The summed E-state index contributed by atoms with van der Waals surface area (Å²) in [7, 11) is 1.70. The molecule has 1 aromatic carbocycles. The molecule has 0 radical (unpaired) electrons. The van der Waals surface area contributed by atoms with Gasteiger partial charge in [-0.25, -0.2) is 8.78 Å². The highest BCUT2D eigenvalue weighted by atomic mass is 19.2. The van der Waals surface area contributed by atoms with Gasteiger partial charge in [-0.05, 0) is 33.4 Å². The fourth-order valence-electron chi connectivity index (χ4n) is 1.55. The molecule has 1 N–H and O–H groups in total. The Labute approximate surface area is 101 Å². The van der Waals surface area contributed by atoms with Crippen molar-refractivity contribution in [2.75, 3.05) is 13.7 Å². The van der Waals surface area contributed by atoms with Crippen LogP contribution in [-0.4, -0.2) is 19.8 Å². The van der Waals surface area contributed by atoms with E-state index in [0.29, 0.717) is 17.7 Å². The molecule has 0 aromatic heterocycles. The molecule has 4 heteroatoms. The first-order valence-corrected chi connectivity index (χ1v) is 5.70. The number of likely N-dealkylation sites (N-methyl/N-ethyl adjacent to an activating group) is 1. The van der Waals surface area contributed by atoms with Gasteiger partial charge in [-0.1, -0.05) is 12.1 Å². The normalized spacial score (nSPS) is 13.1. The summed E-state index contributed by atoms with van der Waals surface area (Å²) in [6, 6.07) is 2.83. The van der Waals surface area contributed by atoms with E-state index in [4.69, 9.17) is 4.74 Å². The van der Waals surface area contributed by atoms with Gasteiger partial charge in [0.15, 0.2) is 11.6 Å². The molecule has 0 saturated heterocycles. The van der Waals surface area contributed by atoms with Gasteiger partial charge in [0.25, 0.3) is 0 Å². The van der Waals surface area contributed by atoms with E-state index in [1.165, 1.54) is 0 Å². The lowest BCUT2D eigenvalue weighted by molar-refractivity contribution is 0.0618. The van der Waals surface area contributed by atoms with E-state index < -0.39 is 11.6 Å². The molecule has 0 saturated carbocycles. The molecule has 0 heterocycles. The first-order valence-electron chi connectivity index (χ1n) is 5.70. The molecule has 0 fully saturated rings. The van der Waals surface area contributed by atoms with Crippen molar-refractivity contribution in [2.45, 2.75) is 32.9 Å². The second-order valence-electron chi connectivity index (χ2n) is 4.32. The van der Waals surface area contributed by atoms with Gasteiger partial charge < -0.3 is 10.1 Å². The lowest BCUT2D eigenvalue weighted by Gasteiger charge is -2.19.